The molecule has 0 bridgehead atoms. The Balaban J connectivity index is 2.23. The van der Waals surface area contributed by atoms with E-state index in [1.807, 2.05) is 17.5 Å². The maximum atomic E-state index is 13.2. The number of halogens is 2. The second-order valence-corrected chi connectivity index (χ2v) is 5.24. The van der Waals surface area contributed by atoms with Crippen molar-refractivity contribution in [2.24, 2.45) is 0 Å². The second kappa shape index (κ2) is 6.43. The maximum absolute atomic E-state index is 13.2. The molecule has 0 saturated carbocycles. The van der Waals surface area contributed by atoms with Crippen LogP contribution in [0.15, 0.2) is 48.4 Å². The molecule has 2 aromatic rings. The minimum atomic E-state index is -0.761. The van der Waals surface area contributed by atoms with Crippen molar-refractivity contribution >= 4 is 17.2 Å². The average Bonchev–Trinajstić information content (AvgIpc) is 2.89. The molecule has 20 heavy (non-hydrogen) atoms. The van der Waals surface area contributed by atoms with Crippen LogP contribution in [0.1, 0.15) is 15.2 Å². The monoisotopic (exact) mass is 293 g/mol. The molecule has 0 N–H and O–H groups in total. The van der Waals surface area contributed by atoms with Crippen LogP contribution in [0.2, 0.25) is 0 Å². The van der Waals surface area contributed by atoms with Crippen molar-refractivity contribution in [3.8, 4) is 0 Å². The lowest BCUT2D eigenvalue weighted by Gasteiger charge is -2.20. The topological polar surface area (TPSA) is 20.3 Å². The number of rotatable bonds is 5. The van der Waals surface area contributed by atoms with Crippen LogP contribution in [0, 0.1) is 11.6 Å². The highest BCUT2D eigenvalue weighted by Crippen LogP contribution is 2.16. The molecule has 0 unspecified atom stereocenters. The van der Waals surface area contributed by atoms with E-state index < -0.39 is 17.5 Å². The minimum absolute atomic E-state index is 0.000839. The fraction of sp³-hybridized carbons (Fsp3) is 0.133. The summed E-state index contributed by atoms with van der Waals surface area (Å²) >= 11 is 1.52. The quantitative estimate of drug-likeness (QED) is 0.767. The highest BCUT2D eigenvalue weighted by Gasteiger charge is 2.17. The van der Waals surface area contributed by atoms with Gasteiger partial charge in [0.25, 0.3) is 5.91 Å². The van der Waals surface area contributed by atoms with E-state index in [0.29, 0.717) is 13.1 Å². The first kappa shape index (κ1) is 14.4. The molecule has 0 radical (unpaired) electrons. The fourth-order valence-corrected chi connectivity index (χ4v) is 2.55. The highest BCUT2D eigenvalue weighted by atomic mass is 32.1. The summed E-state index contributed by atoms with van der Waals surface area (Å²) in [4.78, 5) is 14.8. The van der Waals surface area contributed by atoms with E-state index in [0.717, 1.165) is 23.1 Å². The number of nitrogens with zero attached hydrogens (tertiary/aromatic N) is 1. The Bertz CT molecular complexity index is 590. The Kier molecular flexibility index (Phi) is 4.63. The van der Waals surface area contributed by atoms with E-state index in [2.05, 4.69) is 6.58 Å². The van der Waals surface area contributed by atoms with Crippen LogP contribution in [0.3, 0.4) is 0 Å². The molecule has 1 aromatic heterocycles. The van der Waals surface area contributed by atoms with Crippen LogP contribution >= 0.6 is 11.3 Å². The van der Waals surface area contributed by atoms with Gasteiger partial charge in [-0.15, -0.1) is 17.9 Å². The summed E-state index contributed by atoms with van der Waals surface area (Å²) < 4.78 is 26.4. The van der Waals surface area contributed by atoms with Crippen molar-refractivity contribution in [2.75, 3.05) is 6.54 Å². The molecule has 0 aliphatic rings. The van der Waals surface area contributed by atoms with Crippen molar-refractivity contribution < 1.29 is 13.6 Å². The zero-order valence-electron chi connectivity index (χ0n) is 10.7. The first-order valence-corrected chi connectivity index (χ1v) is 6.87. The predicted molar refractivity (Wildman–Crippen MR) is 75.6 cm³/mol. The third-order valence-electron chi connectivity index (χ3n) is 2.67. The average molecular weight is 293 g/mol. The largest absolute Gasteiger partial charge is 0.330 e. The van der Waals surface area contributed by atoms with Crippen molar-refractivity contribution in [3.63, 3.8) is 0 Å². The molecule has 0 atom stereocenters. The van der Waals surface area contributed by atoms with E-state index in [1.54, 1.807) is 6.08 Å². The molecule has 0 fully saturated rings. The van der Waals surface area contributed by atoms with E-state index in [9.17, 15) is 13.6 Å². The van der Waals surface area contributed by atoms with Gasteiger partial charge in [0.1, 0.15) is 11.6 Å². The summed E-state index contributed by atoms with van der Waals surface area (Å²) in [5.41, 5.74) is 0.000839. The molecule has 2 nitrogen and oxygen atoms in total. The molecule has 2 rings (SSSR count). The number of hydrogen-bond donors (Lipinski definition) is 0. The van der Waals surface area contributed by atoms with Gasteiger partial charge in [-0.25, -0.2) is 8.78 Å². The third kappa shape index (κ3) is 3.51. The van der Waals surface area contributed by atoms with E-state index >= 15 is 0 Å². The van der Waals surface area contributed by atoms with Crippen LogP contribution in [0.4, 0.5) is 8.78 Å². The second-order valence-electron chi connectivity index (χ2n) is 4.21. The lowest BCUT2D eigenvalue weighted by molar-refractivity contribution is 0.0763. The summed E-state index contributed by atoms with van der Waals surface area (Å²) in [6.07, 6.45) is 1.58. The number of hydrogen-bond acceptors (Lipinski definition) is 2. The summed E-state index contributed by atoms with van der Waals surface area (Å²) in [5.74, 6) is -1.94. The van der Waals surface area contributed by atoms with Gasteiger partial charge in [-0.05, 0) is 23.6 Å². The third-order valence-corrected chi connectivity index (χ3v) is 3.53. The lowest BCUT2D eigenvalue weighted by atomic mass is 10.2. The Morgan fingerprint density at radius 2 is 2.00 bits per heavy atom. The van der Waals surface area contributed by atoms with E-state index in [4.69, 9.17) is 0 Å². The van der Waals surface area contributed by atoms with Gasteiger partial charge >= 0.3 is 0 Å². The van der Waals surface area contributed by atoms with Crippen LogP contribution in [-0.4, -0.2) is 17.4 Å². The molecule has 104 valence electrons. The fourth-order valence-electron chi connectivity index (χ4n) is 1.83. The molecule has 5 heteroatoms. The molecular weight excluding hydrogens is 280 g/mol. The van der Waals surface area contributed by atoms with Gasteiger partial charge in [0.15, 0.2) is 0 Å². The zero-order chi connectivity index (χ0) is 14.5. The van der Waals surface area contributed by atoms with Crippen molar-refractivity contribution in [2.45, 2.75) is 6.54 Å². The molecular formula is C15H13F2NOS. The molecule has 1 amide bonds. The summed E-state index contributed by atoms with van der Waals surface area (Å²) in [7, 11) is 0. The Labute approximate surface area is 120 Å². The van der Waals surface area contributed by atoms with Crippen LogP contribution in [0.25, 0.3) is 0 Å². The maximum Gasteiger partial charge on any atom is 0.254 e. The van der Waals surface area contributed by atoms with Crippen LogP contribution in [0.5, 0.6) is 0 Å². The first-order chi connectivity index (χ1) is 9.60. The Morgan fingerprint density at radius 3 is 2.55 bits per heavy atom. The standard InChI is InChI=1S/C15H13F2NOS/c1-2-5-18(10-14-4-3-6-20-14)15(19)11-7-12(16)9-13(17)8-11/h2-4,6-9H,1,5,10H2. The van der Waals surface area contributed by atoms with Crippen molar-refractivity contribution in [1.82, 2.24) is 4.90 Å². The summed E-state index contributed by atoms with van der Waals surface area (Å²) in [5, 5.41) is 1.91. The van der Waals surface area contributed by atoms with Crippen LogP contribution < -0.4 is 0 Å². The summed E-state index contributed by atoms with van der Waals surface area (Å²) in [6, 6.07) is 6.61. The zero-order valence-corrected chi connectivity index (χ0v) is 11.5. The molecule has 0 aliphatic heterocycles. The lowest BCUT2D eigenvalue weighted by Crippen LogP contribution is -2.30. The number of amides is 1. The van der Waals surface area contributed by atoms with Crippen LogP contribution in [-0.2, 0) is 6.54 Å². The van der Waals surface area contributed by atoms with Gasteiger partial charge in [0.2, 0.25) is 0 Å². The molecule has 0 spiro atoms. The van der Waals surface area contributed by atoms with Gasteiger partial charge in [-0.1, -0.05) is 12.1 Å². The van der Waals surface area contributed by atoms with E-state index in [-0.39, 0.29) is 5.56 Å². The van der Waals surface area contributed by atoms with Gasteiger partial charge in [-0.2, -0.15) is 0 Å². The SMILES string of the molecule is C=CCN(Cc1cccs1)C(=O)c1cc(F)cc(F)c1. The molecule has 0 saturated heterocycles. The Hall–Kier alpha value is -2.01. The van der Waals surface area contributed by atoms with Gasteiger partial charge in [-0.3, -0.25) is 4.79 Å². The highest BCUT2D eigenvalue weighted by molar-refractivity contribution is 7.09. The van der Waals surface area contributed by atoms with E-state index in [1.165, 1.54) is 16.2 Å². The molecule has 1 heterocycles. The van der Waals surface area contributed by atoms with Gasteiger partial charge < -0.3 is 4.90 Å². The van der Waals surface area contributed by atoms with Gasteiger partial charge in [0.05, 0.1) is 6.54 Å². The minimum Gasteiger partial charge on any atom is -0.330 e. The normalized spacial score (nSPS) is 10.3. The van der Waals surface area contributed by atoms with Crippen molar-refractivity contribution in [3.05, 3.63) is 70.4 Å². The summed E-state index contributed by atoms with van der Waals surface area (Å²) in [6.45, 7) is 4.31. The Morgan fingerprint density at radius 1 is 1.30 bits per heavy atom. The number of benzene rings is 1. The first-order valence-electron chi connectivity index (χ1n) is 5.99. The van der Waals surface area contributed by atoms with Crippen molar-refractivity contribution in [1.29, 1.82) is 0 Å². The predicted octanol–water partition coefficient (Wildman–Crippen LogP) is 3.85. The number of thiophene rings is 1. The molecule has 0 aliphatic carbocycles. The number of carbonyl (C=O) groups excluding carboxylic acids is 1. The molecule has 1 aromatic carbocycles. The number of carbonyl (C=O) groups is 1. The smallest absolute Gasteiger partial charge is 0.254 e. The van der Waals surface area contributed by atoms with Gasteiger partial charge in [0, 0.05) is 23.1 Å².